The van der Waals surface area contributed by atoms with E-state index in [1.807, 2.05) is 11.5 Å². The van der Waals surface area contributed by atoms with Gasteiger partial charge < -0.3 is 24.5 Å². The summed E-state index contributed by atoms with van der Waals surface area (Å²) in [7, 11) is 4.51. The predicted octanol–water partition coefficient (Wildman–Crippen LogP) is 3.79. The van der Waals surface area contributed by atoms with E-state index in [4.69, 9.17) is 38.0 Å². The zero-order valence-electron chi connectivity index (χ0n) is 17.7. The van der Waals surface area contributed by atoms with Gasteiger partial charge >= 0.3 is 6.08 Å². The summed E-state index contributed by atoms with van der Waals surface area (Å²) in [5.74, 6) is 4.32. The number of methoxy groups -OCH3 is 3. The Bertz CT molecular complexity index is 1160. The van der Waals surface area contributed by atoms with Gasteiger partial charge in [-0.3, -0.25) is 0 Å². The van der Waals surface area contributed by atoms with E-state index in [1.54, 1.807) is 6.07 Å². The lowest BCUT2D eigenvalue weighted by Crippen LogP contribution is -2.12. The summed E-state index contributed by atoms with van der Waals surface area (Å²) in [5, 5.41) is 0.347. The largest absolute Gasteiger partial charge is 0.493 e. The third-order valence-corrected chi connectivity index (χ3v) is 5.37. The molecule has 8 nitrogen and oxygen atoms in total. The number of nitrogens with zero attached hydrogens (tertiary/aromatic N) is 4. The highest BCUT2D eigenvalue weighted by atomic mass is 35.5. The van der Waals surface area contributed by atoms with E-state index >= 15 is 0 Å². The monoisotopic (exact) mass is 447 g/mol. The van der Waals surface area contributed by atoms with Crippen molar-refractivity contribution in [2.75, 3.05) is 27.1 Å². The molecule has 3 aromatic rings. The summed E-state index contributed by atoms with van der Waals surface area (Å²) in [6.45, 7) is 1.95. The topological polar surface area (TPSA) is 97.3 Å². The fourth-order valence-electron chi connectivity index (χ4n) is 3.49. The molecule has 0 fully saturated rings. The van der Waals surface area contributed by atoms with Crippen LogP contribution in [0, 0.1) is 18.4 Å². The number of nitrogen functional groups attached to an aromatic ring is 1. The molecule has 0 aliphatic rings. The van der Waals surface area contributed by atoms with Gasteiger partial charge in [0, 0.05) is 18.9 Å². The quantitative estimate of drug-likeness (QED) is 0.414. The predicted molar refractivity (Wildman–Crippen MR) is 116 cm³/mol. The first-order chi connectivity index (χ1) is 14.9. The van der Waals surface area contributed by atoms with Crippen molar-refractivity contribution < 1.29 is 18.6 Å². The van der Waals surface area contributed by atoms with Crippen molar-refractivity contribution in [2.45, 2.75) is 32.2 Å². The normalized spacial score (nSPS) is 11.9. The Balaban J connectivity index is 2.20. The summed E-state index contributed by atoms with van der Waals surface area (Å²) in [6.07, 6.45) is 5.95. The van der Waals surface area contributed by atoms with Crippen molar-refractivity contribution in [3.63, 3.8) is 0 Å². The first-order valence-electron chi connectivity index (χ1n) is 9.46. The number of hydrogen-bond donors (Lipinski definition) is 1. The van der Waals surface area contributed by atoms with Crippen molar-refractivity contribution in [2.24, 2.45) is 0 Å². The second kappa shape index (κ2) is 9.27. The van der Waals surface area contributed by atoms with Gasteiger partial charge in [0.05, 0.1) is 26.4 Å². The summed E-state index contributed by atoms with van der Waals surface area (Å²) in [6, 6.07) is 1.63. The molecule has 0 saturated heterocycles. The van der Waals surface area contributed by atoms with Crippen molar-refractivity contribution in [3.05, 3.63) is 28.6 Å². The smallest absolute Gasteiger partial charge is 0.312 e. The molecular weight excluding hydrogens is 425 g/mol. The van der Waals surface area contributed by atoms with Crippen molar-refractivity contribution in [1.82, 2.24) is 19.5 Å². The highest BCUT2D eigenvalue weighted by molar-refractivity contribution is 6.33. The lowest BCUT2D eigenvalue weighted by atomic mass is 10.1. The van der Waals surface area contributed by atoms with Gasteiger partial charge in [0.1, 0.15) is 5.82 Å². The van der Waals surface area contributed by atoms with Crippen molar-refractivity contribution in [1.29, 1.82) is 0 Å². The molecule has 2 heterocycles. The number of fused-ring (bicyclic) bond motifs is 1. The molecule has 2 aromatic heterocycles. The lowest BCUT2D eigenvalue weighted by Gasteiger charge is -2.19. The second-order valence-electron chi connectivity index (χ2n) is 6.84. The Kier molecular flexibility index (Phi) is 6.71. The summed E-state index contributed by atoms with van der Waals surface area (Å²) < 4.78 is 32.0. The molecule has 31 heavy (non-hydrogen) atoms. The number of nitrogens with two attached hydrogens (primary N) is 1. The number of anilines is 1. The first kappa shape index (κ1) is 22.4. The minimum Gasteiger partial charge on any atom is -0.493 e. The van der Waals surface area contributed by atoms with Crippen LogP contribution >= 0.6 is 11.6 Å². The van der Waals surface area contributed by atoms with E-state index in [1.165, 1.54) is 21.3 Å². The van der Waals surface area contributed by atoms with Crippen LogP contribution in [0.5, 0.6) is 17.2 Å². The molecule has 0 bridgehead atoms. The molecule has 3 rings (SSSR count). The zero-order valence-corrected chi connectivity index (χ0v) is 18.5. The summed E-state index contributed by atoms with van der Waals surface area (Å²) in [4.78, 5) is 12.1. The second-order valence-corrected chi connectivity index (χ2v) is 7.21. The number of hydrogen-bond acceptors (Lipinski definition) is 7. The lowest BCUT2D eigenvalue weighted by molar-refractivity contribution is 0.324. The number of halogens is 2. The summed E-state index contributed by atoms with van der Waals surface area (Å²) in [5.41, 5.74) is 7.19. The number of ether oxygens (including phenoxy) is 3. The molecule has 164 valence electrons. The van der Waals surface area contributed by atoms with Gasteiger partial charge in [0.2, 0.25) is 5.75 Å². The van der Waals surface area contributed by atoms with Crippen LogP contribution in [0.15, 0.2) is 6.07 Å². The van der Waals surface area contributed by atoms with E-state index in [9.17, 15) is 4.39 Å². The van der Waals surface area contributed by atoms with Gasteiger partial charge in [0.15, 0.2) is 28.5 Å². The molecule has 10 heteroatoms. The Labute approximate surface area is 184 Å². The number of benzene rings is 1. The first-order valence-corrected chi connectivity index (χ1v) is 9.84. The molecule has 0 amide bonds. The zero-order chi connectivity index (χ0) is 22.7. The molecule has 0 saturated carbocycles. The third-order valence-electron chi connectivity index (χ3n) is 4.95. The van der Waals surface area contributed by atoms with Crippen LogP contribution in [0.1, 0.15) is 37.2 Å². The van der Waals surface area contributed by atoms with Crippen molar-refractivity contribution >= 4 is 28.6 Å². The molecule has 1 unspecified atom stereocenters. The fourth-order valence-corrected chi connectivity index (χ4v) is 3.78. The van der Waals surface area contributed by atoms with E-state index < -0.39 is 6.08 Å². The fraction of sp³-hybridized carbons (Fsp3) is 0.381. The standard InChI is InChI=1S/C21H23ClFN5O3/c1-6-7-8-11(2)28-14(25-16-19(24)26-21(23)27-20(16)28)10-12-9-13(29-3)17(30-4)18(31-5)15(12)22/h1,9,11H,7-8,10H2,2-5H3,(H2,24,26,27). The average Bonchev–Trinajstić information content (AvgIpc) is 3.11. The molecule has 2 N–H and O–H groups in total. The number of terminal acetylenes is 1. The number of imidazole rings is 1. The maximum absolute atomic E-state index is 13.9. The van der Waals surface area contributed by atoms with Crippen LogP contribution in [-0.2, 0) is 6.42 Å². The van der Waals surface area contributed by atoms with Crippen LogP contribution in [0.2, 0.25) is 5.02 Å². The van der Waals surface area contributed by atoms with Crippen LogP contribution in [0.3, 0.4) is 0 Å². The minimum absolute atomic E-state index is 0.0392. The maximum atomic E-state index is 13.9. The molecule has 0 radical (unpaired) electrons. The highest BCUT2D eigenvalue weighted by Gasteiger charge is 2.24. The van der Waals surface area contributed by atoms with E-state index in [0.717, 1.165) is 0 Å². The van der Waals surface area contributed by atoms with Gasteiger partial charge in [0.25, 0.3) is 0 Å². The van der Waals surface area contributed by atoms with Crippen LogP contribution < -0.4 is 19.9 Å². The Morgan fingerprint density at radius 2 is 1.90 bits per heavy atom. The average molecular weight is 448 g/mol. The molecule has 0 aliphatic carbocycles. The molecule has 1 atom stereocenters. The van der Waals surface area contributed by atoms with E-state index in [2.05, 4.69) is 20.9 Å². The number of rotatable bonds is 8. The Morgan fingerprint density at radius 3 is 2.52 bits per heavy atom. The summed E-state index contributed by atoms with van der Waals surface area (Å²) >= 11 is 6.61. The van der Waals surface area contributed by atoms with Gasteiger partial charge in [-0.2, -0.15) is 14.4 Å². The van der Waals surface area contributed by atoms with E-state index in [0.29, 0.717) is 57.7 Å². The van der Waals surface area contributed by atoms with Gasteiger partial charge in [-0.05, 0) is 25.0 Å². The highest BCUT2D eigenvalue weighted by Crippen LogP contribution is 2.45. The van der Waals surface area contributed by atoms with Gasteiger partial charge in [-0.1, -0.05) is 11.6 Å². The van der Waals surface area contributed by atoms with Gasteiger partial charge in [-0.15, -0.1) is 12.3 Å². The van der Waals surface area contributed by atoms with E-state index in [-0.39, 0.29) is 18.3 Å². The molecule has 1 aromatic carbocycles. The third kappa shape index (κ3) is 4.16. The molecule has 0 spiro atoms. The maximum Gasteiger partial charge on any atom is 0.312 e. The Morgan fingerprint density at radius 1 is 1.19 bits per heavy atom. The van der Waals surface area contributed by atoms with Crippen LogP contribution in [-0.4, -0.2) is 40.8 Å². The van der Waals surface area contributed by atoms with Crippen LogP contribution in [0.25, 0.3) is 11.2 Å². The Hall–Kier alpha value is -3.25. The SMILES string of the molecule is C#CCCC(C)n1c(Cc2cc(OC)c(OC)c(OC)c2Cl)nc2c(N)nc(F)nc21. The van der Waals surface area contributed by atoms with Crippen molar-refractivity contribution in [3.8, 4) is 29.6 Å². The molecule has 0 aliphatic heterocycles. The van der Waals surface area contributed by atoms with Crippen LogP contribution in [0.4, 0.5) is 10.2 Å². The molecular formula is C21H23ClFN5O3. The number of aromatic nitrogens is 4. The minimum atomic E-state index is -0.923. The van der Waals surface area contributed by atoms with Gasteiger partial charge in [-0.25, -0.2) is 4.98 Å².